The van der Waals surface area contributed by atoms with Crippen LogP contribution >= 0.6 is 24.0 Å². The lowest BCUT2D eigenvalue weighted by Crippen LogP contribution is -2.16. The first-order valence-corrected chi connectivity index (χ1v) is 6.41. The standard InChI is InChI=1S/C12H17NOS2/c1-9-5-6-11(14-4)10(7-9)8-16-12(15)13(2)3/h5-7H,8H2,1-4H3. The number of thioether (sulfide) groups is 1. The maximum Gasteiger partial charge on any atom is 0.136 e. The number of hydrogen-bond donors (Lipinski definition) is 0. The molecule has 1 rings (SSSR count). The molecule has 1 aromatic carbocycles. The number of hydrogen-bond acceptors (Lipinski definition) is 3. The minimum atomic E-state index is 0.849. The van der Waals surface area contributed by atoms with Gasteiger partial charge in [0.1, 0.15) is 10.1 Å². The van der Waals surface area contributed by atoms with Crippen LogP contribution in [0.2, 0.25) is 0 Å². The summed E-state index contributed by atoms with van der Waals surface area (Å²) >= 11 is 6.89. The van der Waals surface area contributed by atoms with Gasteiger partial charge in [0.15, 0.2) is 0 Å². The molecule has 0 amide bonds. The normalized spacial score (nSPS) is 10.0. The van der Waals surface area contributed by atoms with E-state index < -0.39 is 0 Å². The number of rotatable bonds is 3. The SMILES string of the molecule is COc1ccc(C)cc1CSC(=S)N(C)C. The van der Waals surface area contributed by atoms with E-state index in [1.54, 1.807) is 18.9 Å². The molecule has 0 atom stereocenters. The number of aryl methyl sites for hydroxylation is 1. The number of thiocarbonyl (C=S) groups is 1. The third-order valence-corrected chi connectivity index (χ3v) is 3.94. The molecule has 2 nitrogen and oxygen atoms in total. The van der Waals surface area contributed by atoms with E-state index in [0.29, 0.717) is 0 Å². The minimum absolute atomic E-state index is 0.849. The molecular weight excluding hydrogens is 238 g/mol. The number of benzene rings is 1. The van der Waals surface area contributed by atoms with E-state index in [1.165, 1.54) is 11.1 Å². The van der Waals surface area contributed by atoms with E-state index in [2.05, 4.69) is 19.1 Å². The fourth-order valence-electron chi connectivity index (χ4n) is 1.29. The largest absolute Gasteiger partial charge is 0.496 e. The molecule has 1 aromatic rings. The molecule has 0 aliphatic rings. The third-order valence-electron chi connectivity index (χ3n) is 2.15. The first-order chi connectivity index (χ1) is 7.54. The van der Waals surface area contributed by atoms with Crippen molar-refractivity contribution in [3.8, 4) is 5.75 Å². The van der Waals surface area contributed by atoms with Crippen LogP contribution in [0.5, 0.6) is 5.75 Å². The van der Waals surface area contributed by atoms with Gasteiger partial charge in [-0.1, -0.05) is 41.7 Å². The van der Waals surface area contributed by atoms with Crippen molar-refractivity contribution in [3.05, 3.63) is 29.3 Å². The van der Waals surface area contributed by atoms with Crippen molar-refractivity contribution in [2.45, 2.75) is 12.7 Å². The molecular formula is C12H17NOS2. The van der Waals surface area contributed by atoms with Crippen LogP contribution in [0, 0.1) is 6.92 Å². The van der Waals surface area contributed by atoms with E-state index in [-0.39, 0.29) is 0 Å². The van der Waals surface area contributed by atoms with Gasteiger partial charge in [0.2, 0.25) is 0 Å². The van der Waals surface area contributed by atoms with E-state index in [0.717, 1.165) is 15.8 Å². The first-order valence-electron chi connectivity index (χ1n) is 5.02. The zero-order valence-corrected chi connectivity index (χ0v) is 11.7. The summed E-state index contributed by atoms with van der Waals surface area (Å²) in [7, 11) is 5.62. The molecule has 0 bridgehead atoms. The quantitative estimate of drug-likeness (QED) is 0.769. The van der Waals surface area contributed by atoms with Gasteiger partial charge in [0.05, 0.1) is 7.11 Å². The molecule has 4 heteroatoms. The van der Waals surface area contributed by atoms with Crippen LogP contribution in [0.3, 0.4) is 0 Å². The van der Waals surface area contributed by atoms with Crippen molar-refractivity contribution in [1.82, 2.24) is 4.90 Å². The van der Waals surface area contributed by atoms with Crippen molar-refractivity contribution < 1.29 is 4.74 Å². The lowest BCUT2D eigenvalue weighted by atomic mass is 10.1. The zero-order chi connectivity index (χ0) is 12.1. The molecule has 16 heavy (non-hydrogen) atoms. The maximum atomic E-state index is 5.32. The van der Waals surface area contributed by atoms with Gasteiger partial charge in [-0.2, -0.15) is 0 Å². The summed E-state index contributed by atoms with van der Waals surface area (Å²) in [5, 5.41) is 0. The first kappa shape index (κ1) is 13.3. The average Bonchev–Trinajstić information content (AvgIpc) is 2.25. The number of nitrogens with zero attached hydrogens (tertiary/aromatic N) is 1. The van der Waals surface area contributed by atoms with Crippen molar-refractivity contribution in [3.63, 3.8) is 0 Å². The topological polar surface area (TPSA) is 12.5 Å². The molecule has 0 unspecified atom stereocenters. The molecule has 0 saturated carbocycles. The Bertz CT molecular complexity index is 377. The summed E-state index contributed by atoms with van der Waals surface area (Å²) in [5.74, 6) is 1.78. The second-order valence-electron chi connectivity index (χ2n) is 3.76. The maximum absolute atomic E-state index is 5.32. The van der Waals surface area contributed by atoms with E-state index in [1.807, 2.05) is 25.1 Å². The van der Waals surface area contributed by atoms with Crippen LogP contribution in [-0.2, 0) is 5.75 Å². The molecule has 88 valence electrons. The highest BCUT2D eigenvalue weighted by Gasteiger charge is 2.06. The van der Waals surface area contributed by atoms with Gasteiger partial charge in [0, 0.05) is 25.4 Å². The van der Waals surface area contributed by atoms with Crippen LogP contribution in [0.25, 0.3) is 0 Å². The molecule has 0 aliphatic heterocycles. The molecule has 0 N–H and O–H groups in total. The highest BCUT2D eigenvalue weighted by Crippen LogP contribution is 2.25. The molecule has 0 radical (unpaired) electrons. The van der Waals surface area contributed by atoms with Crippen molar-refractivity contribution in [1.29, 1.82) is 0 Å². The Kier molecular flexibility index (Phi) is 5.09. The summed E-state index contributed by atoms with van der Waals surface area (Å²) in [6.07, 6.45) is 0. The Morgan fingerprint density at radius 1 is 1.44 bits per heavy atom. The van der Waals surface area contributed by atoms with Crippen LogP contribution in [0.4, 0.5) is 0 Å². The van der Waals surface area contributed by atoms with Crippen LogP contribution in [0.1, 0.15) is 11.1 Å². The van der Waals surface area contributed by atoms with E-state index in [9.17, 15) is 0 Å². The third kappa shape index (κ3) is 3.68. The van der Waals surface area contributed by atoms with Crippen LogP contribution < -0.4 is 4.74 Å². The minimum Gasteiger partial charge on any atom is -0.496 e. The monoisotopic (exact) mass is 255 g/mol. The zero-order valence-electron chi connectivity index (χ0n) is 10.1. The Labute approximate surface area is 107 Å². The van der Waals surface area contributed by atoms with Crippen LogP contribution in [-0.4, -0.2) is 30.4 Å². The van der Waals surface area contributed by atoms with Crippen LogP contribution in [0.15, 0.2) is 18.2 Å². The molecule has 0 saturated heterocycles. The Morgan fingerprint density at radius 2 is 2.12 bits per heavy atom. The molecule has 0 spiro atoms. The Hall–Kier alpha value is -0.740. The lowest BCUT2D eigenvalue weighted by molar-refractivity contribution is 0.411. The fourth-order valence-corrected chi connectivity index (χ4v) is 2.23. The van der Waals surface area contributed by atoms with Crippen molar-refractivity contribution in [2.24, 2.45) is 0 Å². The Balaban J connectivity index is 2.72. The highest BCUT2D eigenvalue weighted by molar-refractivity contribution is 8.22. The van der Waals surface area contributed by atoms with E-state index >= 15 is 0 Å². The van der Waals surface area contributed by atoms with Gasteiger partial charge >= 0.3 is 0 Å². The number of ether oxygens (including phenoxy) is 1. The molecule has 0 fully saturated rings. The van der Waals surface area contributed by atoms with Crippen molar-refractivity contribution in [2.75, 3.05) is 21.2 Å². The lowest BCUT2D eigenvalue weighted by Gasteiger charge is -2.14. The van der Waals surface area contributed by atoms with Gasteiger partial charge in [-0.05, 0) is 13.0 Å². The van der Waals surface area contributed by atoms with Gasteiger partial charge in [-0.3, -0.25) is 0 Å². The summed E-state index contributed by atoms with van der Waals surface area (Å²) in [4.78, 5) is 1.95. The summed E-state index contributed by atoms with van der Waals surface area (Å²) in [6.45, 7) is 2.08. The van der Waals surface area contributed by atoms with Gasteiger partial charge in [-0.15, -0.1) is 0 Å². The predicted octanol–water partition coefficient (Wildman–Crippen LogP) is 3.08. The second kappa shape index (κ2) is 6.11. The molecule has 0 heterocycles. The predicted molar refractivity (Wildman–Crippen MR) is 75.3 cm³/mol. The van der Waals surface area contributed by atoms with Gasteiger partial charge < -0.3 is 9.64 Å². The summed E-state index contributed by atoms with van der Waals surface area (Å²) in [6, 6.07) is 6.20. The van der Waals surface area contributed by atoms with Gasteiger partial charge in [-0.25, -0.2) is 0 Å². The summed E-state index contributed by atoms with van der Waals surface area (Å²) in [5.41, 5.74) is 2.43. The van der Waals surface area contributed by atoms with E-state index in [4.69, 9.17) is 17.0 Å². The Morgan fingerprint density at radius 3 is 2.69 bits per heavy atom. The molecule has 0 aromatic heterocycles. The smallest absolute Gasteiger partial charge is 0.136 e. The summed E-state index contributed by atoms with van der Waals surface area (Å²) < 4.78 is 6.22. The van der Waals surface area contributed by atoms with Gasteiger partial charge in [0.25, 0.3) is 0 Å². The highest BCUT2D eigenvalue weighted by atomic mass is 32.2. The molecule has 0 aliphatic carbocycles. The average molecular weight is 255 g/mol. The fraction of sp³-hybridized carbons (Fsp3) is 0.417. The second-order valence-corrected chi connectivity index (χ2v) is 5.37. The number of methoxy groups -OCH3 is 1. The van der Waals surface area contributed by atoms with Crippen molar-refractivity contribution >= 4 is 28.3 Å².